The average molecular weight is 462 g/mol. The zero-order chi connectivity index (χ0) is 23.6. The van der Waals surface area contributed by atoms with Crippen LogP contribution < -0.4 is 0 Å². The van der Waals surface area contributed by atoms with E-state index in [-0.39, 0.29) is 25.9 Å². The fraction of sp³-hybridized carbons (Fsp3) is 0.542. The van der Waals surface area contributed by atoms with Crippen molar-refractivity contribution in [3.8, 4) is 0 Å². The molecule has 2 aliphatic heterocycles. The van der Waals surface area contributed by atoms with Gasteiger partial charge in [0.15, 0.2) is 6.29 Å². The molecular weight excluding hydrogens is 432 g/mol. The van der Waals surface area contributed by atoms with Crippen LogP contribution in [-0.4, -0.2) is 75.1 Å². The Hall–Kier alpha value is -2.27. The second-order valence-electron chi connectivity index (χ2n) is 9.00. The first-order valence-corrected chi connectivity index (χ1v) is 11.0. The second kappa shape index (κ2) is 9.54. The lowest BCUT2D eigenvalue weighted by Gasteiger charge is -2.44. The van der Waals surface area contributed by atoms with Gasteiger partial charge in [-0.3, -0.25) is 0 Å². The monoisotopic (exact) mass is 462 g/mol. The number of hydrogen-bond acceptors (Lipinski definition) is 9. The number of fused-ring (bicyclic) bond motifs is 1. The molecule has 180 valence electrons. The lowest BCUT2D eigenvalue weighted by atomic mass is 9.81. The van der Waals surface area contributed by atoms with E-state index in [1.54, 1.807) is 13.0 Å². The molecule has 33 heavy (non-hydrogen) atoms. The fourth-order valence-electron chi connectivity index (χ4n) is 4.91. The molecule has 1 aliphatic carbocycles. The maximum atomic E-state index is 12.6. The van der Waals surface area contributed by atoms with Crippen LogP contribution in [-0.2, 0) is 23.7 Å². The summed E-state index contributed by atoms with van der Waals surface area (Å²) in [6.45, 7) is 1.33. The third-order valence-electron chi connectivity index (χ3n) is 6.49. The Bertz CT molecular complexity index is 887. The standard InChI is InChI=1S/C24H30O9/c1-23(33-19(28)8-7-15-5-3-2-4-6-15)13-18(27)24(29)9-10-30-22(21(23)24)32-20-12-16(26)11-17(14-25)31-20/h2-10,16-18,20-22,25-27,29H,11-14H2,1H3/b8-7+/t16?,17-,18+,20?,21?,22-,23-,24+/m0/s1. The van der Waals surface area contributed by atoms with Gasteiger partial charge in [-0.25, -0.2) is 4.79 Å². The van der Waals surface area contributed by atoms with Gasteiger partial charge >= 0.3 is 5.97 Å². The molecular formula is C24H30O9. The summed E-state index contributed by atoms with van der Waals surface area (Å²) >= 11 is 0. The minimum atomic E-state index is -1.76. The second-order valence-corrected chi connectivity index (χ2v) is 9.00. The number of aliphatic hydroxyl groups is 4. The van der Waals surface area contributed by atoms with Gasteiger partial charge in [0, 0.05) is 25.3 Å². The zero-order valence-corrected chi connectivity index (χ0v) is 18.3. The smallest absolute Gasteiger partial charge is 0.331 e. The molecule has 0 aromatic heterocycles. The van der Waals surface area contributed by atoms with Crippen LogP contribution in [0.15, 0.2) is 48.7 Å². The van der Waals surface area contributed by atoms with Crippen molar-refractivity contribution in [2.45, 2.75) is 68.3 Å². The number of aliphatic hydroxyl groups excluding tert-OH is 3. The first kappa shape index (κ1) is 23.9. The first-order valence-electron chi connectivity index (χ1n) is 11.0. The molecule has 8 atom stereocenters. The van der Waals surface area contributed by atoms with E-state index < -0.39 is 54.0 Å². The molecule has 2 heterocycles. The van der Waals surface area contributed by atoms with Gasteiger partial charge in [-0.2, -0.15) is 0 Å². The van der Waals surface area contributed by atoms with Gasteiger partial charge in [0.05, 0.1) is 37.1 Å². The highest BCUT2D eigenvalue weighted by atomic mass is 16.8. The van der Waals surface area contributed by atoms with Gasteiger partial charge in [-0.15, -0.1) is 0 Å². The molecule has 1 saturated carbocycles. The predicted octanol–water partition coefficient (Wildman–Crippen LogP) is 0.859. The molecule has 9 nitrogen and oxygen atoms in total. The van der Waals surface area contributed by atoms with Crippen molar-refractivity contribution < 1.29 is 44.2 Å². The molecule has 0 radical (unpaired) electrons. The van der Waals surface area contributed by atoms with E-state index in [2.05, 4.69) is 0 Å². The van der Waals surface area contributed by atoms with E-state index in [9.17, 15) is 25.2 Å². The summed E-state index contributed by atoms with van der Waals surface area (Å²) in [5.41, 5.74) is -2.27. The van der Waals surface area contributed by atoms with Crippen LogP contribution in [0.5, 0.6) is 0 Å². The van der Waals surface area contributed by atoms with E-state index in [1.165, 1.54) is 18.4 Å². The van der Waals surface area contributed by atoms with Gasteiger partial charge in [0.2, 0.25) is 6.29 Å². The minimum absolute atomic E-state index is 0.0416. The maximum Gasteiger partial charge on any atom is 0.331 e. The van der Waals surface area contributed by atoms with Crippen LogP contribution in [0.25, 0.3) is 6.08 Å². The summed E-state index contributed by atoms with van der Waals surface area (Å²) in [6.07, 6.45) is 1.22. The van der Waals surface area contributed by atoms with Crippen LogP contribution in [0.4, 0.5) is 0 Å². The third-order valence-corrected chi connectivity index (χ3v) is 6.49. The Balaban J connectivity index is 1.52. The van der Waals surface area contributed by atoms with Crippen LogP contribution in [0, 0.1) is 5.92 Å². The Morgan fingerprint density at radius 1 is 1.24 bits per heavy atom. The first-order chi connectivity index (χ1) is 15.7. The summed E-state index contributed by atoms with van der Waals surface area (Å²) in [5, 5.41) is 41.4. The number of esters is 1. The van der Waals surface area contributed by atoms with Gasteiger partial charge in [-0.1, -0.05) is 30.3 Å². The molecule has 0 bridgehead atoms. The molecule has 4 rings (SSSR count). The third kappa shape index (κ3) is 4.98. The number of carbonyl (C=O) groups excluding carboxylic acids is 1. The van der Waals surface area contributed by atoms with Crippen molar-refractivity contribution in [3.63, 3.8) is 0 Å². The quantitative estimate of drug-likeness (QED) is 0.359. The van der Waals surface area contributed by atoms with E-state index in [0.717, 1.165) is 5.56 Å². The van der Waals surface area contributed by atoms with Crippen molar-refractivity contribution in [2.75, 3.05) is 6.61 Å². The number of hydrogen-bond donors (Lipinski definition) is 4. The highest BCUT2D eigenvalue weighted by Gasteiger charge is 2.66. The number of benzene rings is 1. The number of ether oxygens (including phenoxy) is 4. The molecule has 0 spiro atoms. The van der Waals surface area contributed by atoms with Crippen molar-refractivity contribution in [1.82, 2.24) is 0 Å². The van der Waals surface area contributed by atoms with Gasteiger partial charge in [0.25, 0.3) is 0 Å². The van der Waals surface area contributed by atoms with Crippen LogP contribution in [0.3, 0.4) is 0 Å². The summed E-state index contributed by atoms with van der Waals surface area (Å²) in [5.74, 6) is -1.62. The molecule has 4 N–H and O–H groups in total. The maximum absolute atomic E-state index is 12.6. The summed E-state index contributed by atoms with van der Waals surface area (Å²) in [6, 6.07) is 9.24. The van der Waals surface area contributed by atoms with Crippen molar-refractivity contribution in [1.29, 1.82) is 0 Å². The highest BCUT2D eigenvalue weighted by Crippen LogP contribution is 2.51. The van der Waals surface area contributed by atoms with E-state index in [4.69, 9.17) is 18.9 Å². The average Bonchev–Trinajstić information content (AvgIpc) is 2.98. The summed E-state index contributed by atoms with van der Waals surface area (Å²) in [4.78, 5) is 12.6. The molecule has 3 unspecified atom stereocenters. The molecule has 2 fully saturated rings. The normalized spacial score (nSPS) is 40.4. The highest BCUT2D eigenvalue weighted by molar-refractivity contribution is 5.87. The Morgan fingerprint density at radius 2 is 2.00 bits per heavy atom. The van der Waals surface area contributed by atoms with Crippen LogP contribution >= 0.6 is 0 Å². The van der Waals surface area contributed by atoms with Crippen LogP contribution in [0.2, 0.25) is 0 Å². The van der Waals surface area contributed by atoms with Crippen molar-refractivity contribution in [3.05, 3.63) is 54.3 Å². The van der Waals surface area contributed by atoms with E-state index >= 15 is 0 Å². The number of carbonyl (C=O) groups is 1. The summed E-state index contributed by atoms with van der Waals surface area (Å²) < 4.78 is 22.9. The molecule has 1 aromatic carbocycles. The van der Waals surface area contributed by atoms with Gasteiger partial charge in [0.1, 0.15) is 11.2 Å². The van der Waals surface area contributed by atoms with Crippen molar-refractivity contribution in [2.24, 2.45) is 5.92 Å². The SMILES string of the molecule is C[C@]1(OC(=O)/C=C/c2ccccc2)C[C@@H](O)[C@]2(O)C=CO[C@@H](OC3CC(O)C[C@@H](CO)O3)C12. The minimum Gasteiger partial charge on any atom is -0.472 e. The lowest BCUT2D eigenvalue weighted by molar-refractivity contribution is -0.311. The molecule has 1 aromatic rings. The van der Waals surface area contributed by atoms with Crippen LogP contribution in [0.1, 0.15) is 31.7 Å². The molecule has 0 amide bonds. The van der Waals surface area contributed by atoms with Gasteiger partial charge in [-0.05, 0) is 24.6 Å². The van der Waals surface area contributed by atoms with E-state index in [0.29, 0.717) is 0 Å². The number of rotatable bonds is 6. The Labute approximate surface area is 191 Å². The topological polar surface area (TPSA) is 135 Å². The van der Waals surface area contributed by atoms with E-state index in [1.807, 2.05) is 30.3 Å². The molecule has 3 aliphatic rings. The lowest BCUT2D eigenvalue weighted by Crippen LogP contribution is -2.56. The largest absolute Gasteiger partial charge is 0.472 e. The molecule has 9 heteroatoms. The summed E-state index contributed by atoms with van der Waals surface area (Å²) in [7, 11) is 0. The van der Waals surface area contributed by atoms with Gasteiger partial charge < -0.3 is 39.4 Å². The fourth-order valence-corrected chi connectivity index (χ4v) is 4.91. The predicted molar refractivity (Wildman–Crippen MR) is 115 cm³/mol. The molecule has 1 saturated heterocycles. The van der Waals surface area contributed by atoms with Crippen molar-refractivity contribution >= 4 is 12.0 Å². The Kier molecular flexibility index (Phi) is 6.90. The Morgan fingerprint density at radius 3 is 2.73 bits per heavy atom. The zero-order valence-electron chi connectivity index (χ0n) is 18.3.